The molecule has 0 fully saturated rings. The Morgan fingerprint density at radius 3 is 3.09 bits per heavy atom. The molecular formula is C6H6INO2S. The lowest BCUT2D eigenvalue weighted by Gasteiger charge is -1.92. The second-order valence-electron chi connectivity index (χ2n) is 1.81. The van der Waals surface area contributed by atoms with Crippen molar-refractivity contribution in [2.24, 2.45) is 0 Å². The molecule has 11 heavy (non-hydrogen) atoms. The van der Waals surface area contributed by atoms with E-state index in [9.17, 15) is 4.79 Å². The van der Waals surface area contributed by atoms with E-state index < -0.39 is 0 Å². The van der Waals surface area contributed by atoms with Crippen LogP contribution in [0, 0.1) is 2.88 Å². The molecule has 0 spiro atoms. The van der Waals surface area contributed by atoms with Crippen molar-refractivity contribution in [2.75, 3.05) is 7.11 Å². The molecule has 60 valence electrons. The first kappa shape index (κ1) is 8.92. The minimum absolute atomic E-state index is 0.240. The Hall–Kier alpha value is -0.170. The molecule has 0 aliphatic heterocycles. The van der Waals surface area contributed by atoms with Gasteiger partial charge in [0, 0.05) is 0 Å². The zero-order valence-corrected chi connectivity index (χ0v) is 8.81. The van der Waals surface area contributed by atoms with Crippen LogP contribution in [0.5, 0.6) is 0 Å². The Kier molecular flexibility index (Phi) is 3.25. The summed E-state index contributed by atoms with van der Waals surface area (Å²) in [5, 5.41) is 0.807. The molecule has 0 bridgehead atoms. The van der Waals surface area contributed by atoms with Gasteiger partial charge in [0.15, 0.2) is 0 Å². The Labute approximate surface area is 81.9 Å². The number of aromatic nitrogens is 1. The number of methoxy groups -OCH3 is 1. The summed E-state index contributed by atoms with van der Waals surface area (Å²) in [6.45, 7) is 0. The maximum atomic E-state index is 10.7. The summed E-state index contributed by atoms with van der Waals surface area (Å²) < 4.78 is 5.57. The standard InChI is InChI=1S/C6H6INO2S/c1-10-6(9)2-5-8-3-4(7)11-5/h3H,2H2,1H3. The second kappa shape index (κ2) is 4.01. The lowest BCUT2D eigenvalue weighted by Crippen LogP contribution is -2.03. The highest BCUT2D eigenvalue weighted by Gasteiger charge is 2.05. The Bertz CT molecular complexity index is 261. The maximum Gasteiger partial charge on any atom is 0.312 e. The van der Waals surface area contributed by atoms with E-state index in [1.807, 2.05) is 0 Å². The average Bonchev–Trinajstić information content (AvgIpc) is 2.35. The first-order valence-electron chi connectivity index (χ1n) is 2.89. The molecule has 5 heteroatoms. The van der Waals surface area contributed by atoms with Crippen molar-refractivity contribution >= 4 is 39.9 Å². The number of hydrogen-bond donors (Lipinski definition) is 0. The molecule has 0 saturated heterocycles. The van der Waals surface area contributed by atoms with Crippen LogP contribution in [-0.4, -0.2) is 18.1 Å². The third-order valence-corrected chi connectivity index (χ3v) is 2.77. The number of rotatable bonds is 2. The Morgan fingerprint density at radius 2 is 2.64 bits per heavy atom. The number of carbonyl (C=O) groups excluding carboxylic acids is 1. The molecule has 0 aliphatic carbocycles. The van der Waals surface area contributed by atoms with Crippen molar-refractivity contribution in [1.29, 1.82) is 0 Å². The topological polar surface area (TPSA) is 39.2 Å². The molecule has 1 aromatic heterocycles. The molecule has 0 saturated carbocycles. The van der Waals surface area contributed by atoms with Gasteiger partial charge in [-0.05, 0) is 22.6 Å². The normalized spacial score (nSPS) is 9.64. The molecule has 0 N–H and O–H groups in total. The summed E-state index contributed by atoms with van der Waals surface area (Å²) in [7, 11) is 1.38. The van der Waals surface area contributed by atoms with Gasteiger partial charge in [-0.15, -0.1) is 11.3 Å². The molecule has 0 radical (unpaired) electrons. The fraction of sp³-hybridized carbons (Fsp3) is 0.333. The quantitative estimate of drug-likeness (QED) is 0.609. The Morgan fingerprint density at radius 1 is 1.91 bits per heavy atom. The maximum absolute atomic E-state index is 10.7. The second-order valence-corrected chi connectivity index (χ2v) is 4.82. The molecule has 1 aromatic rings. The van der Waals surface area contributed by atoms with Crippen molar-refractivity contribution in [3.63, 3.8) is 0 Å². The van der Waals surface area contributed by atoms with Crippen LogP contribution in [0.15, 0.2) is 6.20 Å². The SMILES string of the molecule is COC(=O)Cc1ncc(I)s1. The number of nitrogens with zero attached hydrogens (tertiary/aromatic N) is 1. The summed E-state index contributed by atoms with van der Waals surface area (Å²) in [5.74, 6) is -0.240. The van der Waals surface area contributed by atoms with Crippen LogP contribution in [0.1, 0.15) is 5.01 Å². The predicted octanol–water partition coefficient (Wildman–Crippen LogP) is 1.46. The number of thiazole rings is 1. The van der Waals surface area contributed by atoms with Gasteiger partial charge in [-0.3, -0.25) is 4.79 Å². The average molecular weight is 283 g/mol. The van der Waals surface area contributed by atoms with E-state index in [4.69, 9.17) is 0 Å². The number of halogens is 1. The third-order valence-electron chi connectivity index (χ3n) is 1.05. The predicted molar refractivity (Wildman–Crippen MR) is 50.6 cm³/mol. The molecule has 1 rings (SSSR count). The molecule has 0 unspecified atom stereocenters. The van der Waals surface area contributed by atoms with Crippen LogP contribution < -0.4 is 0 Å². The first-order chi connectivity index (χ1) is 5.22. The van der Waals surface area contributed by atoms with Gasteiger partial charge < -0.3 is 4.74 Å². The summed E-state index contributed by atoms with van der Waals surface area (Å²) in [4.78, 5) is 14.7. The molecule has 0 aromatic carbocycles. The van der Waals surface area contributed by atoms with Crippen molar-refractivity contribution in [3.05, 3.63) is 14.1 Å². The lowest BCUT2D eigenvalue weighted by molar-refractivity contribution is -0.139. The molecular weight excluding hydrogens is 277 g/mol. The fourth-order valence-corrected chi connectivity index (χ4v) is 2.09. The van der Waals surface area contributed by atoms with Crippen molar-refractivity contribution in [2.45, 2.75) is 6.42 Å². The fourth-order valence-electron chi connectivity index (χ4n) is 0.565. The van der Waals surface area contributed by atoms with E-state index >= 15 is 0 Å². The highest BCUT2D eigenvalue weighted by molar-refractivity contribution is 14.1. The van der Waals surface area contributed by atoms with Crippen LogP contribution in [0.3, 0.4) is 0 Å². The van der Waals surface area contributed by atoms with Gasteiger partial charge in [0.25, 0.3) is 0 Å². The van der Waals surface area contributed by atoms with Gasteiger partial charge in [0.1, 0.15) is 5.01 Å². The van der Waals surface area contributed by atoms with E-state index in [-0.39, 0.29) is 12.4 Å². The largest absolute Gasteiger partial charge is 0.469 e. The van der Waals surface area contributed by atoms with Gasteiger partial charge in [0.2, 0.25) is 0 Å². The highest BCUT2D eigenvalue weighted by Crippen LogP contribution is 2.15. The summed E-state index contributed by atoms with van der Waals surface area (Å²) >= 11 is 3.67. The van der Waals surface area contributed by atoms with Crippen LogP contribution >= 0.6 is 33.9 Å². The summed E-state index contributed by atoms with van der Waals surface area (Å²) in [6, 6.07) is 0. The van der Waals surface area contributed by atoms with Gasteiger partial charge in [-0.1, -0.05) is 0 Å². The highest BCUT2D eigenvalue weighted by atomic mass is 127. The molecule has 0 aliphatic rings. The molecule has 1 heterocycles. The Balaban J connectivity index is 2.57. The first-order valence-corrected chi connectivity index (χ1v) is 4.79. The third kappa shape index (κ3) is 2.74. The van der Waals surface area contributed by atoms with Gasteiger partial charge in [-0.2, -0.15) is 0 Å². The van der Waals surface area contributed by atoms with Crippen LogP contribution in [-0.2, 0) is 16.0 Å². The van der Waals surface area contributed by atoms with Crippen LogP contribution in [0.2, 0.25) is 0 Å². The number of hydrogen-bond acceptors (Lipinski definition) is 4. The van der Waals surface area contributed by atoms with Crippen molar-refractivity contribution < 1.29 is 9.53 Å². The minimum Gasteiger partial charge on any atom is -0.469 e. The van der Waals surface area contributed by atoms with Gasteiger partial charge >= 0.3 is 5.97 Å². The van der Waals surface area contributed by atoms with Gasteiger partial charge in [0.05, 0.1) is 22.6 Å². The zero-order chi connectivity index (χ0) is 8.27. The van der Waals surface area contributed by atoms with E-state index in [0.29, 0.717) is 0 Å². The van der Waals surface area contributed by atoms with Crippen LogP contribution in [0.25, 0.3) is 0 Å². The van der Waals surface area contributed by atoms with Gasteiger partial charge in [-0.25, -0.2) is 4.98 Å². The van der Waals surface area contributed by atoms with Crippen molar-refractivity contribution in [3.8, 4) is 0 Å². The summed E-state index contributed by atoms with van der Waals surface area (Å²) in [6.07, 6.45) is 2.02. The van der Waals surface area contributed by atoms with Crippen LogP contribution in [0.4, 0.5) is 0 Å². The van der Waals surface area contributed by atoms with E-state index in [0.717, 1.165) is 7.89 Å². The minimum atomic E-state index is -0.240. The smallest absolute Gasteiger partial charge is 0.312 e. The monoisotopic (exact) mass is 283 g/mol. The van der Waals surface area contributed by atoms with E-state index in [1.165, 1.54) is 18.4 Å². The molecule has 0 amide bonds. The number of esters is 1. The number of carbonyl (C=O) groups is 1. The zero-order valence-electron chi connectivity index (χ0n) is 5.83. The van der Waals surface area contributed by atoms with E-state index in [1.54, 1.807) is 6.20 Å². The van der Waals surface area contributed by atoms with E-state index in [2.05, 4.69) is 32.3 Å². The lowest BCUT2D eigenvalue weighted by atomic mass is 10.5. The van der Waals surface area contributed by atoms with Crippen molar-refractivity contribution in [1.82, 2.24) is 4.98 Å². The molecule has 0 atom stereocenters. The number of ether oxygens (including phenoxy) is 1. The summed E-state index contributed by atoms with van der Waals surface area (Å²) in [5.41, 5.74) is 0. The molecule has 3 nitrogen and oxygen atoms in total.